The lowest BCUT2D eigenvalue weighted by atomic mass is 10.2. The summed E-state index contributed by atoms with van der Waals surface area (Å²) in [5.41, 5.74) is 0.732. The van der Waals surface area contributed by atoms with E-state index < -0.39 is 0 Å². The molecule has 0 spiro atoms. The summed E-state index contributed by atoms with van der Waals surface area (Å²) in [5.74, 6) is 0.651. The van der Waals surface area contributed by atoms with Crippen LogP contribution in [0.2, 0.25) is 0 Å². The number of H-pyrrole nitrogens is 1. The monoisotopic (exact) mass is 297 g/mol. The first-order valence-corrected chi connectivity index (χ1v) is 7.74. The Hall–Kier alpha value is -1.41. The Morgan fingerprint density at radius 3 is 3.00 bits per heavy atom. The van der Waals surface area contributed by atoms with Crippen molar-refractivity contribution in [3.63, 3.8) is 0 Å². The normalized spacial score (nSPS) is 10.6. The zero-order chi connectivity index (χ0) is 13.7. The van der Waals surface area contributed by atoms with Crippen LogP contribution < -0.4 is 10.9 Å². The average molecular weight is 297 g/mol. The molecule has 2 heterocycles. The maximum absolute atomic E-state index is 11.5. The van der Waals surface area contributed by atoms with Gasteiger partial charge in [-0.3, -0.25) is 4.79 Å². The van der Waals surface area contributed by atoms with Crippen molar-refractivity contribution in [2.24, 2.45) is 0 Å². The van der Waals surface area contributed by atoms with Crippen LogP contribution in [-0.4, -0.2) is 27.2 Å². The van der Waals surface area contributed by atoms with Gasteiger partial charge in [-0.25, -0.2) is 4.98 Å². The SMILES string of the molecule is CCCc1cc(=O)[nH]c(SCc2nnc(NC)s2)n1. The lowest BCUT2D eigenvalue weighted by Crippen LogP contribution is -2.09. The predicted octanol–water partition coefficient (Wildman–Crippen LogP) is 1.91. The van der Waals surface area contributed by atoms with Gasteiger partial charge in [-0.05, 0) is 6.42 Å². The van der Waals surface area contributed by atoms with E-state index in [0.29, 0.717) is 10.9 Å². The van der Waals surface area contributed by atoms with E-state index in [0.717, 1.165) is 28.7 Å². The van der Waals surface area contributed by atoms with E-state index in [1.807, 2.05) is 7.05 Å². The fraction of sp³-hybridized carbons (Fsp3) is 0.455. The number of hydrogen-bond acceptors (Lipinski definition) is 7. The van der Waals surface area contributed by atoms with Gasteiger partial charge in [-0.1, -0.05) is 36.4 Å². The molecule has 0 saturated heterocycles. The molecule has 0 aliphatic rings. The van der Waals surface area contributed by atoms with Gasteiger partial charge in [0.05, 0.1) is 5.75 Å². The summed E-state index contributed by atoms with van der Waals surface area (Å²) >= 11 is 2.96. The second-order valence-electron chi connectivity index (χ2n) is 3.83. The van der Waals surface area contributed by atoms with Crippen LogP contribution in [0.4, 0.5) is 5.13 Å². The van der Waals surface area contributed by atoms with E-state index in [9.17, 15) is 4.79 Å². The summed E-state index contributed by atoms with van der Waals surface area (Å²) < 4.78 is 0. The fourth-order valence-electron chi connectivity index (χ4n) is 1.48. The van der Waals surface area contributed by atoms with Gasteiger partial charge in [0.2, 0.25) is 5.13 Å². The Kier molecular flexibility index (Phi) is 4.92. The molecule has 0 aliphatic heterocycles. The third kappa shape index (κ3) is 4.03. The average Bonchev–Trinajstić information content (AvgIpc) is 2.84. The number of rotatable bonds is 6. The van der Waals surface area contributed by atoms with Gasteiger partial charge < -0.3 is 10.3 Å². The van der Waals surface area contributed by atoms with Crippen LogP contribution >= 0.6 is 23.1 Å². The second-order valence-corrected chi connectivity index (χ2v) is 5.86. The van der Waals surface area contributed by atoms with E-state index in [1.165, 1.54) is 23.1 Å². The van der Waals surface area contributed by atoms with Crippen LogP contribution in [0.25, 0.3) is 0 Å². The molecule has 19 heavy (non-hydrogen) atoms. The highest BCUT2D eigenvalue weighted by Gasteiger charge is 2.06. The van der Waals surface area contributed by atoms with Crippen LogP contribution in [-0.2, 0) is 12.2 Å². The molecule has 0 aromatic carbocycles. The molecule has 0 unspecified atom stereocenters. The highest BCUT2D eigenvalue weighted by Crippen LogP contribution is 2.22. The number of aromatic amines is 1. The summed E-state index contributed by atoms with van der Waals surface area (Å²) in [6, 6.07) is 1.55. The Balaban J connectivity index is 2.04. The lowest BCUT2D eigenvalue weighted by Gasteiger charge is -2.01. The molecule has 2 aromatic heterocycles. The zero-order valence-corrected chi connectivity index (χ0v) is 12.4. The summed E-state index contributed by atoms with van der Waals surface area (Å²) in [5, 5.41) is 13.3. The van der Waals surface area contributed by atoms with Crippen molar-refractivity contribution in [3.8, 4) is 0 Å². The summed E-state index contributed by atoms with van der Waals surface area (Å²) in [6.07, 6.45) is 1.79. The van der Waals surface area contributed by atoms with Crippen molar-refractivity contribution in [3.05, 3.63) is 27.1 Å². The van der Waals surface area contributed by atoms with Crippen LogP contribution in [0.3, 0.4) is 0 Å². The van der Waals surface area contributed by atoms with E-state index in [2.05, 4.69) is 32.4 Å². The summed E-state index contributed by atoms with van der Waals surface area (Å²) in [4.78, 5) is 18.7. The van der Waals surface area contributed by atoms with Gasteiger partial charge in [0.25, 0.3) is 5.56 Å². The van der Waals surface area contributed by atoms with Crippen molar-refractivity contribution < 1.29 is 0 Å². The standard InChI is InChI=1S/C11H15N5OS2/c1-3-4-7-5-8(17)14-11(13-7)18-6-9-15-16-10(12-2)19-9/h5H,3-4,6H2,1-2H3,(H,12,16)(H,13,14,17). The highest BCUT2D eigenvalue weighted by atomic mass is 32.2. The third-order valence-electron chi connectivity index (χ3n) is 2.29. The maximum atomic E-state index is 11.5. The number of aryl methyl sites for hydroxylation is 1. The van der Waals surface area contributed by atoms with Gasteiger partial charge in [-0.2, -0.15) is 0 Å². The van der Waals surface area contributed by atoms with Crippen molar-refractivity contribution in [1.82, 2.24) is 20.2 Å². The largest absolute Gasteiger partial charge is 0.363 e. The number of nitrogens with zero attached hydrogens (tertiary/aromatic N) is 3. The Labute approximate surface area is 119 Å². The predicted molar refractivity (Wildman–Crippen MR) is 77.9 cm³/mol. The molecule has 2 N–H and O–H groups in total. The molecule has 6 nitrogen and oxygen atoms in total. The first-order valence-electron chi connectivity index (χ1n) is 5.94. The van der Waals surface area contributed by atoms with Crippen molar-refractivity contribution in [2.75, 3.05) is 12.4 Å². The number of thioether (sulfide) groups is 1. The van der Waals surface area contributed by atoms with Crippen LogP contribution in [0.5, 0.6) is 0 Å². The summed E-state index contributed by atoms with van der Waals surface area (Å²) in [6.45, 7) is 2.07. The second kappa shape index (κ2) is 6.67. The molecule has 8 heteroatoms. The Morgan fingerprint density at radius 1 is 1.47 bits per heavy atom. The van der Waals surface area contributed by atoms with Crippen molar-refractivity contribution in [2.45, 2.75) is 30.7 Å². The van der Waals surface area contributed by atoms with Gasteiger partial charge in [-0.15, -0.1) is 10.2 Å². The number of nitrogens with one attached hydrogen (secondary N) is 2. The van der Waals surface area contributed by atoms with Crippen LogP contribution in [0, 0.1) is 0 Å². The molecular formula is C11H15N5OS2. The third-order valence-corrected chi connectivity index (χ3v) is 4.30. The molecule has 0 fully saturated rings. The maximum Gasteiger partial charge on any atom is 0.251 e. The Bertz CT molecular complexity index is 595. The van der Waals surface area contributed by atoms with Gasteiger partial charge >= 0.3 is 0 Å². The van der Waals surface area contributed by atoms with Gasteiger partial charge in [0.15, 0.2) is 5.16 Å². The van der Waals surface area contributed by atoms with Crippen LogP contribution in [0.15, 0.2) is 16.0 Å². The fourth-order valence-corrected chi connectivity index (χ4v) is 3.05. The molecule has 0 saturated carbocycles. The Morgan fingerprint density at radius 2 is 2.32 bits per heavy atom. The number of anilines is 1. The van der Waals surface area contributed by atoms with E-state index in [1.54, 1.807) is 6.07 Å². The first kappa shape index (κ1) is 14.0. The number of aromatic nitrogens is 4. The minimum atomic E-state index is -0.103. The van der Waals surface area contributed by atoms with Crippen molar-refractivity contribution in [1.29, 1.82) is 0 Å². The van der Waals surface area contributed by atoms with Gasteiger partial charge in [0, 0.05) is 18.8 Å². The quantitative estimate of drug-likeness (QED) is 0.626. The van der Waals surface area contributed by atoms with Gasteiger partial charge in [0.1, 0.15) is 5.01 Å². The molecule has 2 rings (SSSR count). The minimum absolute atomic E-state index is 0.103. The van der Waals surface area contributed by atoms with Crippen LogP contribution in [0.1, 0.15) is 24.0 Å². The van der Waals surface area contributed by atoms with E-state index >= 15 is 0 Å². The molecule has 2 aromatic rings. The smallest absolute Gasteiger partial charge is 0.251 e. The molecular weight excluding hydrogens is 282 g/mol. The lowest BCUT2D eigenvalue weighted by molar-refractivity contribution is 0.815. The molecule has 0 atom stereocenters. The van der Waals surface area contributed by atoms with Crippen molar-refractivity contribution >= 4 is 28.2 Å². The molecule has 0 bridgehead atoms. The first-order chi connectivity index (χ1) is 9.21. The zero-order valence-electron chi connectivity index (χ0n) is 10.8. The number of hydrogen-bond donors (Lipinski definition) is 2. The molecule has 0 radical (unpaired) electrons. The molecule has 0 aliphatic carbocycles. The van der Waals surface area contributed by atoms with E-state index in [-0.39, 0.29) is 5.56 Å². The summed E-state index contributed by atoms with van der Waals surface area (Å²) in [7, 11) is 1.81. The minimum Gasteiger partial charge on any atom is -0.363 e. The molecule has 102 valence electrons. The van der Waals surface area contributed by atoms with E-state index in [4.69, 9.17) is 0 Å². The highest BCUT2D eigenvalue weighted by molar-refractivity contribution is 7.98. The topological polar surface area (TPSA) is 83.6 Å². The molecule has 0 amide bonds.